The Hall–Kier alpha value is -3.44. The number of aryl methyl sites for hydroxylation is 2. The second-order valence-corrected chi connectivity index (χ2v) is 8.02. The average molecular weight is 401 g/mol. The van der Waals surface area contributed by atoms with Crippen LogP contribution in [0.1, 0.15) is 20.2 Å². The summed E-state index contributed by atoms with van der Waals surface area (Å²) in [4.78, 5) is 18.3. The van der Waals surface area contributed by atoms with Crippen molar-refractivity contribution in [1.82, 2.24) is 4.98 Å². The summed E-state index contributed by atoms with van der Waals surface area (Å²) in [6, 6.07) is 24.4. The molecule has 1 N–H and O–H groups in total. The second-order valence-electron chi connectivity index (χ2n) is 6.61. The van der Waals surface area contributed by atoms with Crippen molar-refractivity contribution in [3.05, 3.63) is 94.3 Å². The van der Waals surface area contributed by atoms with Crippen molar-refractivity contribution in [2.24, 2.45) is 0 Å². The lowest BCUT2D eigenvalue weighted by atomic mass is 10.1. The van der Waals surface area contributed by atoms with Gasteiger partial charge in [-0.15, -0.1) is 11.3 Å². The number of hydrogen-bond acceptors (Lipinski definition) is 4. The highest BCUT2D eigenvalue weighted by Crippen LogP contribution is 2.27. The Balaban J connectivity index is 1.42. The molecule has 144 valence electrons. The molecule has 0 saturated carbocycles. The molecular formula is C24H20N2O2S. The van der Waals surface area contributed by atoms with Crippen molar-refractivity contribution < 1.29 is 9.53 Å². The SMILES string of the molecule is Cc1nc(-c2ccc(C(=O)Nc3ccc(Oc4ccccc4)cc3)cc2)c(C)s1. The van der Waals surface area contributed by atoms with E-state index in [0.717, 1.165) is 22.0 Å². The molecule has 0 unspecified atom stereocenters. The van der Waals surface area contributed by atoms with Gasteiger partial charge in [0.1, 0.15) is 11.5 Å². The van der Waals surface area contributed by atoms with Gasteiger partial charge in [0.05, 0.1) is 10.7 Å². The van der Waals surface area contributed by atoms with Crippen LogP contribution in [0, 0.1) is 13.8 Å². The summed E-state index contributed by atoms with van der Waals surface area (Å²) in [6.07, 6.45) is 0. The predicted molar refractivity (Wildman–Crippen MR) is 118 cm³/mol. The van der Waals surface area contributed by atoms with Crippen molar-refractivity contribution in [3.63, 3.8) is 0 Å². The molecule has 0 atom stereocenters. The van der Waals surface area contributed by atoms with E-state index >= 15 is 0 Å². The van der Waals surface area contributed by atoms with E-state index in [0.29, 0.717) is 17.0 Å². The van der Waals surface area contributed by atoms with E-state index in [4.69, 9.17) is 4.74 Å². The third-order valence-corrected chi connectivity index (χ3v) is 5.30. The molecule has 3 aromatic carbocycles. The lowest BCUT2D eigenvalue weighted by Crippen LogP contribution is -2.11. The maximum atomic E-state index is 12.6. The lowest BCUT2D eigenvalue weighted by molar-refractivity contribution is 0.102. The van der Waals surface area contributed by atoms with Crippen LogP contribution in [0.2, 0.25) is 0 Å². The van der Waals surface area contributed by atoms with Crippen LogP contribution < -0.4 is 10.1 Å². The van der Waals surface area contributed by atoms with E-state index in [1.54, 1.807) is 11.3 Å². The molecule has 1 aromatic heterocycles. The normalized spacial score (nSPS) is 10.6. The Morgan fingerprint density at radius 2 is 1.52 bits per heavy atom. The van der Waals surface area contributed by atoms with Crippen LogP contribution in [-0.2, 0) is 0 Å². The first-order valence-electron chi connectivity index (χ1n) is 9.27. The van der Waals surface area contributed by atoms with E-state index in [-0.39, 0.29) is 5.91 Å². The van der Waals surface area contributed by atoms with Gasteiger partial charge < -0.3 is 10.1 Å². The number of thiazole rings is 1. The molecule has 1 heterocycles. The smallest absolute Gasteiger partial charge is 0.255 e. The maximum Gasteiger partial charge on any atom is 0.255 e. The number of benzene rings is 3. The molecule has 0 aliphatic heterocycles. The first-order chi connectivity index (χ1) is 14.1. The lowest BCUT2D eigenvalue weighted by Gasteiger charge is -2.08. The number of aromatic nitrogens is 1. The molecule has 0 spiro atoms. The van der Waals surface area contributed by atoms with E-state index in [1.807, 2.05) is 85.8 Å². The number of carbonyl (C=O) groups excluding carboxylic acids is 1. The summed E-state index contributed by atoms with van der Waals surface area (Å²) in [5.41, 5.74) is 3.31. The summed E-state index contributed by atoms with van der Waals surface area (Å²) < 4.78 is 5.77. The highest BCUT2D eigenvalue weighted by atomic mass is 32.1. The van der Waals surface area contributed by atoms with Gasteiger partial charge in [-0.05, 0) is 62.4 Å². The van der Waals surface area contributed by atoms with E-state index in [1.165, 1.54) is 4.88 Å². The first kappa shape index (κ1) is 18.9. The van der Waals surface area contributed by atoms with Crippen molar-refractivity contribution >= 4 is 22.9 Å². The fourth-order valence-electron chi connectivity index (χ4n) is 3.01. The number of nitrogens with one attached hydrogen (secondary N) is 1. The number of rotatable bonds is 5. The van der Waals surface area contributed by atoms with Gasteiger partial charge in [0.2, 0.25) is 0 Å². The van der Waals surface area contributed by atoms with E-state index < -0.39 is 0 Å². The van der Waals surface area contributed by atoms with Gasteiger partial charge in [-0.3, -0.25) is 4.79 Å². The third-order valence-electron chi connectivity index (χ3n) is 4.42. The van der Waals surface area contributed by atoms with Gasteiger partial charge in [0.25, 0.3) is 5.91 Å². The molecule has 0 saturated heterocycles. The van der Waals surface area contributed by atoms with E-state index in [2.05, 4.69) is 17.2 Å². The number of amides is 1. The molecule has 0 bridgehead atoms. The number of ether oxygens (including phenoxy) is 1. The zero-order chi connectivity index (χ0) is 20.2. The van der Waals surface area contributed by atoms with Gasteiger partial charge in [0.15, 0.2) is 0 Å². The molecule has 0 fully saturated rings. The zero-order valence-corrected chi connectivity index (χ0v) is 17.0. The molecule has 4 nitrogen and oxygen atoms in total. The molecule has 0 aliphatic rings. The Kier molecular flexibility index (Phi) is 5.40. The number of hydrogen-bond donors (Lipinski definition) is 1. The molecule has 4 rings (SSSR count). The highest BCUT2D eigenvalue weighted by Gasteiger charge is 2.10. The molecular weight excluding hydrogens is 380 g/mol. The summed E-state index contributed by atoms with van der Waals surface area (Å²) in [5.74, 6) is 1.34. The van der Waals surface area contributed by atoms with Gasteiger partial charge in [-0.25, -0.2) is 4.98 Å². The largest absolute Gasteiger partial charge is 0.457 e. The average Bonchev–Trinajstić information content (AvgIpc) is 3.08. The van der Waals surface area contributed by atoms with Crippen LogP contribution in [0.5, 0.6) is 11.5 Å². The summed E-state index contributed by atoms with van der Waals surface area (Å²) >= 11 is 1.68. The summed E-state index contributed by atoms with van der Waals surface area (Å²) in [5, 5.41) is 3.96. The van der Waals surface area contributed by atoms with Crippen LogP contribution >= 0.6 is 11.3 Å². The van der Waals surface area contributed by atoms with Crippen LogP contribution in [0.25, 0.3) is 11.3 Å². The van der Waals surface area contributed by atoms with Crippen molar-refractivity contribution in [2.75, 3.05) is 5.32 Å². The van der Waals surface area contributed by atoms with Crippen LogP contribution in [-0.4, -0.2) is 10.9 Å². The predicted octanol–water partition coefficient (Wildman–Crippen LogP) is 6.47. The van der Waals surface area contributed by atoms with Gasteiger partial charge in [-0.1, -0.05) is 30.3 Å². The van der Waals surface area contributed by atoms with Crippen LogP contribution in [0.4, 0.5) is 5.69 Å². The molecule has 1 amide bonds. The van der Waals surface area contributed by atoms with Crippen molar-refractivity contribution in [1.29, 1.82) is 0 Å². The topological polar surface area (TPSA) is 51.2 Å². The monoisotopic (exact) mass is 400 g/mol. The second kappa shape index (κ2) is 8.29. The quantitative estimate of drug-likeness (QED) is 0.417. The minimum atomic E-state index is -0.153. The molecule has 5 heteroatoms. The highest BCUT2D eigenvalue weighted by molar-refractivity contribution is 7.11. The van der Waals surface area contributed by atoms with Gasteiger partial charge >= 0.3 is 0 Å². The third kappa shape index (κ3) is 4.52. The Bertz CT molecular complexity index is 1120. The number of carbonyl (C=O) groups is 1. The van der Waals surface area contributed by atoms with Crippen LogP contribution in [0.15, 0.2) is 78.9 Å². The fourth-order valence-corrected chi connectivity index (χ4v) is 3.85. The molecule has 0 radical (unpaired) electrons. The van der Waals surface area contributed by atoms with Crippen molar-refractivity contribution in [2.45, 2.75) is 13.8 Å². The maximum absolute atomic E-state index is 12.6. The Morgan fingerprint density at radius 1 is 0.862 bits per heavy atom. The standard InChI is InChI=1S/C24H20N2O2S/c1-16-23(25-17(2)29-16)18-8-10-19(11-9-18)24(27)26-20-12-14-22(15-13-20)28-21-6-4-3-5-7-21/h3-15H,1-2H3,(H,26,27). The number of anilines is 1. The van der Waals surface area contributed by atoms with Gasteiger partial charge in [0, 0.05) is 21.7 Å². The fraction of sp³-hybridized carbons (Fsp3) is 0.0833. The molecule has 4 aromatic rings. The van der Waals surface area contributed by atoms with Crippen molar-refractivity contribution in [3.8, 4) is 22.8 Å². The number of para-hydroxylation sites is 1. The van der Waals surface area contributed by atoms with E-state index in [9.17, 15) is 4.79 Å². The number of nitrogens with zero attached hydrogens (tertiary/aromatic N) is 1. The summed E-state index contributed by atoms with van der Waals surface area (Å²) in [6.45, 7) is 4.06. The molecule has 0 aliphatic carbocycles. The zero-order valence-electron chi connectivity index (χ0n) is 16.2. The minimum Gasteiger partial charge on any atom is -0.457 e. The first-order valence-corrected chi connectivity index (χ1v) is 10.1. The minimum absolute atomic E-state index is 0.153. The van der Waals surface area contributed by atoms with Crippen LogP contribution in [0.3, 0.4) is 0 Å². The Labute approximate surface area is 173 Å². The molecule has 29 heavy (non-hydrogen) atoms. The summed E-state index contributed by atoms with van der Waals surface area (Å²) in [7, 11) is 0. The van der Waals surface area contributed by atoms with Gasteiger partial charge in [-0.2, -0.15) is 0 Å². The Morgan fingerprint density at radius 3 is 2.14 bits per heavy atom.